The molecule has 3 heteroatoms. The quantitative estimate of drug-likeness (QED) is 0.447. The zero-order valence-electron chi connectivity index (χ0n) is 9.25. The molecule has 0 heterocycles. The van der Waals surface area contributed by atoms with Gasteiger partial charge in [-0.25, -0.2) is 5.11 Å². The second kappa shape index (κ2) is 9.00. The van der Waals surface area contributed by atoms with Gasteiger partial charge in [0.05, 0.1) is 13.2 Å². The van der Waals surface area contributed by atoms with Crippen LogP contribution in [0.25, 0.3) is 0 Å². The third-order valence-corrected chi connectivity index (χ3v) is 1.85. The van der Waals surface area contributed by atoms with E-state index in [1.165, 1.54) is 0 Å². The summed E-state index contributed by atoms with van der Waals surface area (Å²) in [7, 11) is 0. The number of hydrogen-bond acceptors (Lipinski definition) is 2. The Morgan fingerprint density at radius 1 is 1.14 bits per heavy atom. The van der Waals surface area contributed by atoms with Crippen LogP contribution < -0.4 is 0 Å². The highest BCUT2D eigenvalue weighted by Crippen LogP contribution is 2.04. The van der Waals surface area contributed by atoms with Crippen LogP contribution in [0.4, 0.5) is 0 Å². The molecule has 83 valence electrons. The maximum atomic E-state index is 11.1. The van der Waals surface area contributed by atoms with Crippen LogP contribution in [0.5, 0.6) is 0 Å². The molecule has 0 fully saturated rings. The minimum Gasteiger partial charge on any atom is -0.465 e. The normalized spacial score (nSPS) is 10.6. The zero-order valence-corrected chi connectivity index (χ0v) is 9.25. The summed E-state index contributed by atoms with van der Waals surface area (Å²) in [5.74, 6) is 0.292. The summed E-state index contributed by atoms with van der Waals surface area (Å²) >= 11 is 0. The Morgan fingerprint density at radius 2 is 1.79 bits per heavy atom. The SMILES string of the molecule is CC(C)COC(=O)CCCCCC[O]. The Labute approximate surface area is 86.5 Å². The van der Waals surface area contributed by atoms with Gasteiger partial charge in [0.2, 0.25) is 0 Å². The minimum absolute atomic E-state index is 0.00219. The minimum atomic E-state index is -0.110. The molecule has 0 bridgehead atoms. The fourth-order valence-electron chi connectivity index (χ4n) is 1.06. The highest BCUT2D eigenvalue weighted by atomic mass is 16.5. The van der Waals surface area contributed by atoms with E-state index in [1.807, 2.05) is 13.8 Å². The molecule has 0 spiro atoms. The van der Waals surface area contributed by atoms with E-state index in [2.05, 4.69) is 0 Å². The van der Waals surface area contributed by atoms with Crippen LogP contribution in [0.2, 0.25) is 0 Å². The van der Waals surface area contributed by atoms with Crippen molar-refractivity contribution in [2.45, 2.75) is 46.0 Å². The van der Waals surface area contributed by atoms with Gasteiger partial charge in [-0.1, -0.05) is 26.7 Å². The summed E-state index contributed by atoms with van der Waals surface area (Å²) in [4.78, 5) is 11.1. The predicted octanol–water partition coefficient (Wildman–Crippen LogP) is 2.57. The van der Waals surface area contributed by atoms with E-state index in [0.29, 0.717) is 18.9 Å². The molecular weight excluding hydrogens is 180 g/mol. The van der Waals surface area contributed by atoms with Gasteiger partial charge < -0.3 is 4.74 Å². The van der Waals surface area contributed by atoms with Crippen LogP contribution in [0.1, 0.15) is 46.0 Å². The summed E-state index contributed by atoms with van der Waals surface area (Å²) in [6.07, 6.45) is 3.95. The number of rotatable bonds is 8. The van der Waals surface area contributed by atoms with Gasteiger partial charge in [-0.2, -0.15) is 0 Å². The highest BCUT2D eigenvalue weighted by molar-refractivity contribution is 5.69. The van der Waals surface area contributed by atoms with Gasteiger partial charge in [0.25, 0.3) is 0 Å². The number of carbonyl (C=O) groups excluding carboxylic acids is 1. The molecular formula is C11H21O3. The van der Waals surface area contributed by atoms with E-state index >= 15 is 0 Å². The topological polar surface area (TPSA) is 46.2 Å². The van der Waals surface area contributed by atoms with Gasteiger partial charge >= 0.3 is 5.97 Å². The van der Waals surface area contributed by atoms with Crippen molar-refractivity contribution >= 4 is 5.97 Å². The Kier molecular flexibility index (Phi) is 8.64. The van der Waals surface area contributed by atoms with E-state index in [0.717, 1.165) is 25.7 Å². The lowest BCUT2D eigenvalue weighted by molar-refractivity contribution is -0.144. The Balaban J connectivity index is 3.18. The monoisotopic (exact) mass is 201 g/mol. The fourth-order valence-corrected chi connectivity index (χ4v) is 1.06. The standard InChI is InChI=1S/C11H21O3/c1-10(2)9-14-11(13)7-5-3-4-6-8-12/h10H,3-9H2,1-2H3. The lowest BCUT2D eigenvalue weighted by Crippen LogP contribution is -2.09. The number of carbonyl (C=O) groups is 1. The van der Waals surface area contributed by atoms with Gasteiger partial charge in [-0.05, 0) is 18.8 Å². The Hall–Kier alpha value is -0.570. The molecule has 0 aromatic heterocycles. The molecule has 1 radical (unpaired) electrons. The van der Waals surface area contributed by atoms with Crippen molar-refractivity contribution in [3.63, 3.8) is 0 Å². The molecule has 0 amide bonds. The van der Waals surface area contributed by atoms with Crippen LogP contribution >= 0.6 is 0 Å². The van der Waals surface area contributed by atoms with Crippen LogP contribution in [-0.2, 0) is 14.6 Å². The Morgan fingerprint density at radius 3 is 2.36 bits per heavy atom. The highest BCUT2D eigenvalue weighted by Gasteiger charge is 2.03. The van der Waals surface area contributed by atoms with Crippen molar-refractivity contribution in [2.75, 3.05) is 13.2 Å². The second-order valence-electron chi connectivity index (χ2n) is 3.95. The number of esters is 1. The molecule has 0 aromatic rings. The molecule has 0 aliphatic rings. The summed E-state index contributed by atoms with van der Waals surface area (Å²) in [5, 5.41) is 10.1. The predicted molar refractivity (Wildman–Crippen MR) is 54.4 cm³/mol. The first-order chi connectivity index (χ1) is 6.66. The maximum absolute atomic E-state index is 11.1. The smallest absolute Gasteiger partial charge is 0.305 e. The summed E-state index contributed by atoms with van der Waals surface area (Å²) < 4.78 is 5.01. The summed E-state index contributed by atoms with van der Waals surface area (Å²) in [6.45, 7) is 4.54. The largest absolute Gasteiger partial charge is 0.465 e. The fraction of sp³-hybridized carbons (Fsp3) is 0.909. The van der Waals surface area contributed by atoms with Crippen molar-refractivity contribution in [2.24, 2.45) is 5.92 Å². The summed E-state index contributed by atoms with van der Waals surface area (Å²) in [6, 6.07) is 0. The zero-order chi connectivity index (χ0) is 10.8. The van der Waals surface area contributed by atoms with Gasteiger partial charge in [-0.3, -0.25) is 4.79 Å². The third kappa shape index (κ3) is 9.52. The number of hydrogen-bond donors (Lipinski definition) is 0. The molecule has 0 saturated heterocycles. The average Bonchev–Trinajstić information content (AvgIpc) is 2.14. The molecule has 3 nitrogen and oxygen atoms in total. The molecule has 0 rings (SSSR count). The van der Waals surface area contributed by atoms with Gasteiger partial charge in [0.1, 0.15) is 0 Å². The van der Waals surface area contributed by atoms with Gasteiger partial charge in [-0.15, -0.1) is 0 Å². The molecule has 0 aromatic carbocycles. The van der Waals surface area contributed by atoms with E-state index in [1.54, 1.807) is 0 Å². The van der Waals surface area contributed by atoms with E-state index in [9.17, 15) is 9.90 Å². The molecule has 0 unspecified atom stereocenters. The van der Waals surface area contributed by atoms with Crippen molar-refractivity contribution in [3.05, 3.63) is 0 Å². The molecule has 0 aliphatic carbocycles. The van der Waals surface area contributed by atoms with Crippen LogP contribution in [0, 0.1) is 5.92 Å². The second-order valence-corrected chi connectivity index (χ2v) is 3.95. The van der Waals surface area contributed by atoms with Crippen molar-refractivity contribution in [1.29, 1.82) is 0 Å². The average molecular weight is 201 g/mol. The summed E-state index contributed by atoms with van der Waals surface area (Å²) in [5.41, 5.74) is 0. The van der Waals surface area contributed by atoms with E-state index in [4.69, 9.17) is 4.74 Å². The molecule has 0 saturated carbocycles. The molecule has 0 N–H and O–H groups in total. The maximum Gasteiger partial charge on any atom is 0.305 e. The first-order valence-corrected chi connectivity index (χ1v) is 5.40. The van der Waals surface area contributed by atoms with Crippen molar-refractivity contribution in [1.82, 2.24) is 0 Å². The first kappa shape index (κ1) is 13.4. The number of unbranched alkanes of at least 4 members (excludes halogenated alkanes) is 3. The van der Waals surface area contributed by atoms with Crippen molar-refractivity contribution in [3.8, 4) is 0 Å². The Bertz CT molecular complexity index is 143. The third-order valence-electron chi connectivity index (χ3n) is 1.85. The van der Waals surface area contributed by atoms with E-state index < -0.39 is 0 Å². The van der Waals surface area contributed by atoms with Gasteiger partial charge in [0.15, 0.2) is 0 Å². The number of ether oxygens (including phenoxy) is 1. The van der Waals surface area contributed by atoms with Crippen molar-refractivity contribution < 1.29 is 14.6 Å². The molecule has 14 heavy (non-hydrogen) atoms. The molecule has 0 aliphatic heterocycles. The first-order valence-electron chi connectivity index (χ1n) is 5.40. The lowest BCUT2D eigenvalue weighted by atomic mass is 10.1. The van der Waals surface area contributed by atoms with Crippen LogP contribution in [0.3, 0.4) is 0 Å². The van der Waals surface area contributed by atoms with Crippen LogP contribution in [-0.4, -0.2) is 19.2 Å². The lowest BCUT2D eigenvalue weighted by Gasteiger charge is -2.06. The van der Waals surface area contributed by atoms with Gasteiger partial charge in [0, 0.05) is 6.42 Å². The van der Waals surface area contributed by atoms with E-state index in [-0.39, 0.29) is 12.6 Å². The van der Waals surface area contributed by atoms with Crippen LogP contribution in [0.15, 0.2) is 0 Å². The molecule has 0 atom stereocenters.